The first-order chi connectivity index (χ1) is 9.92. The van der Waals surface area contributed by atoms with Gasteiger partial charge in [-0.3, -0.25) is 4.99 Å². The summed E-state index contributed by atoms with van der Waals surface area (Å²) in [6.07, 6.45) is 3.25. The molecule has 0 fully saturated rings. The van der Waals surface area contributed by atoms with E-state index in [2.05, 4.69) is 71.0 Å². The lowest BCUT2D eigenvalue weighted by molar-refractivity contribution is 0.638. The smallest absolute Gasteiger partial charge is 0.0968 e. The quantitative estimate of drug-likeness (QED) is 0.893. The molecule has 2 heteroatoms. The fraction of sp³-hybridized carbons (Fsp3) is 0.278. The van der Waals surface area contributed by atoms with E-state index in [4.69, 9.17) is 0 Å². The molecule has 20 heavy (non-hydrogen) atoms. The SMILES string of the molecule is c1ccc(C[C@@H](NC2=NCCC2)c2ccccc2)cc1. The van der Waals surface area contributed by atoms with Crippen molar-refractivity contribution in [2.24, 2.45) is 4.99 Å². The molecule has 0 unspecified atom stereocenters. The first kappa shape index (κ1) is 12.9. The van der Waals surface area contributed by atoms with Crippen molar-refractivity contribution in [3.63, 3.8) is 0 Å². The summed E-state index contributed by atoms with van der Waals surface area (Å²) in [4.78, 5) is 4.55. The number of hydrogen-bond donors (Lipinski definition) is 1. The lowest BCUT2D eigenvalue weighted by atomic mass is 9.98. The fourth-order valence-electron chi connectivity index (χ4n) is 2.65. The van der Waals surface area contributed by atoms with E-state index < -0.39 is 0 Å². The van der Waals surface area contributed by atoms with Gasteiger partial charge in [0.05, 0.1) is 11.9 Å². The van der Waals surface area contributed by atoms with Crippen LogP contribution in [0.3, 0.4) is 0 Å². The Labute approximate surface area is 120 Å². The Balaban J connectivity index is 1.79. The van der Waals surface area contributed by atoms with Crippen molar-refractivity contribution in [3.05, 3.63) is 71.8 Å². The van der Waals surface area contributed by atoms with Crippen molar-refractivity contribution in [1.29, 1.82) is 0 Å². The maximum Gasteiger partial charge on any atom is 0.0968 e. The van der Waals surface area contributed by atoms with E-state index in [9.17, 15) is 0 Å². The third-order valence-corrected chi connectivity index (χ3v) is 3.70. The second-order valence-corrected chi connectivity index (χ2v) is 5.23. The van der Waals surface area contributed by atoms with Gasteiger partial charge in [0.2, 0.25) is 0 Å². The first-order valence-corrected chi connectivity index (χ1v) is 7.30. The van der Waals surface area contributed by atoms with E-state index >= 15 is 0 Å². The molecule has 102 valence electrons. The molecule has 0 saturated heterocycles. The van der Waals surface area contributed by atoms with Gasteiger partial charge in [0.1, 0.15) is 0 Å². The van der Waals surface area contributed by atoms with E-state index in [0.29, 0.717) is 6.04 Å². The van der Waals surface area contributed by atoms with Gasteiger partial charge in [0.15, 0.2) is 0 Å². The van der Waals surface area contributed by atoms with Crippen LogP contribution in [0, 0.1) is 0 Å². The molecule has 0 saturated carbocycles. The van der Waals surface area contributed by atoms with Gasteiger partial charge in [0, 0.05) is 13.0 Å². The summed E-state index contributed by atoms with van der Waals surface area (Å²) in [6, 6.07) is 21.6. The second-order valence-electron chi connectivity index (χ2n) is 5.23. The molecule has 0 spiro atoms. The molecule has 1 heterocycles. The van der Waals surface area contributed by atoms with Crippen LogP contribution in [0.15, 0.2) is 65.7 Å². The number of amidine groups is 1. The normalized spacial score (nSPS) is 15.7. The molecule has 1 aliphatic heterocycles. The third-order valence-electron chi connectivity index (χ3n) is 3.70. The summed E-state index contributed by atoms with van der Waals surface area (Å²) in [5.41, 5.74) is 2.68. The van der Waals surface area contributed by atoms with Gasteiger partial charge in [-0.1, -0.05) is 60.7 Å². The van der Waals surface area contributed by atoms with Gasteiger partial charge in [0.25, 0.3) is 0 Å². The van der Waals surface area contributed by atoms with Gasteiger partial charge in [-0.25, -0.2) is 0 Å². The van der Waals surface area contributed by atoms with Crippen molar-refractivity contribution >= 4 is 5.84 Å². The van der Waals surface area contributed by atoms with Crippen molar-refractivity contribution < 1.29 is 0 Å². The standard InChI is InChI=1S/C18H20N2/c1-3-8-15(9-4-1)14-17(16-10-5-2-6-11-16)20-18-12-7-13-19-18/h1-6,8-11,17H,7,12-14H2,(H,19,20)/t17-/m1/s1. The highest BCUT2D eigenvalue weighted by Gasteiger charge is 2.15. The number of aliphatic imine (C=N–C) groups is 1. The highest BCUT2D eigenvalue weighted by Crippen LogP contribution is 2.19. The van der Waals surface area contributed by atoms with E-state index in [1.54, 1.807) is 0 Å². The third kappa shape index (κ3) is 3.27. The zero-order valence-corrected chi connectivity index (χ0v) is 11.6. The van der Waals surface area contributed by atoms with Gasteiger partial charge in [-0.2, -0.15) is 0 Å². The zero-order valence-electron chi connectivity index (χ0n) is 11.6. The Morgan fingerprint density at radius 3 is 2.30 bits per heavy atom. The average Bonchev–Trinajstić information content (AvgIpc) is 3.02. The number of nitrogens with zero attached hydrogens (tertiary/aromatic N) is 1. The molecule has 0 amide bonds. The van der Waals surface area contributed by atoms with Crippen LogP contribution in [0.25, 0.3) is 0 Å². The molecule has 0 bridgehead atoms. The van der Waals surface area contributed by atoms with Crippen LogP contribution < -0.4 is 5.32 Å². The summed E-state index contributed by atoms with van der Waals surface area (Å²) in [5, 5.41) is 3.63. The van der Waals surface area contributed by atoms with Gasteiger partial charge < -0.3 is 5.32 Å². The largest absolute Gasteiger partial charge is 0.367 e. The molecule has 0 aromatic heterocycles. The van der Waals surface area contributed by atoms with E-state index in [1.807, 2.05) is 0 Å². The number of hydrogen-bond acceptors (Lipinski definition) is 2. The Bertz CT molecular complexity index is 560. The van der Waals surface area contributed by atoms with Crippen molar-refractivity contribution in [2.45, 2.75) is 25.3 Å². The summed E-state index contributed by atoms with van der Waals surface area (Å²) in [7, 11) is 0. The average molecular weight is 264 g/mol. The predicted octanol–water partition coefficient (Wildman–Crippen LogP) is 3.75. The van der Waals surface area contributed by atoms with Crippen LogP contribution in [0.4, 0.5) is 0 Å². The topological polar surface area (TPSA) is 24.4 Å². The molecular formula is C18H20N2. The van der Waals surface area contributed by atoms with Gasteiger partial charge >= 0.3 is 0 Å². The summed E-state index contributed by atoms with van der Waals surface area (Å²) < 4.78 is 0. The first-order valence-electron chi connectivity index (χ1n) is 7.30. The van der Waals surface area contributed by atoms with Crippen molar-refractivity contribution in [1.82, 2.24) is 5.32 Å². The summed E-state index contributed by atoms with van der Waals surface area (Å²) in [5.74, 6) is 1.16. The number of nitrogens with one attached hydrogen (secondary N) is 1. The van der Waals surface area contributed by atoms with Gasteiger partial charge in [-0.15, -0.1) is 0 Å². The Kier molecular flexibility index (Phi) is 4.12. The highest BCUT2D eigenvalue weighted by atomic mass is 15.0. The molecule has 0 radical (unpaired) electrons. The highest BCUT2D eigenvalue weighted by molar-refractivity contribution is 5.83. The monoisotopic (exact) mass is 264 g/mol. The molecule has 2 aromatic carbocycles. The van der Waals surface area contributed by atoms with Crippen molar-refractivity contribution in [2.75, 3.05) is 6.54 Å². The van der Waals surface area contributed by atoms with Crippen LogP contribution in [-0.2, 0) is 6.42 Å². The Morgan fingerprint density at radius 2 is 1.65 bits per heavy atom. The molecule has 3 rings (SSSR count). The lowest BCUT2D eigenvalue weighted by Gasteiger charge is -2.20. The van der Waals surface area contributed by atoms with E-state index in [1.165, 1.54) is 17.5 Å². The summed E-state index contributed by atoms with van der Waals surface area (Å²) in [6.45, 7) is 0.967. The molecule has 1 atom stereocenters. The zero-order chi connectivity index (χ0) is 13.6. The minimum atomic E-state index is 0.301. The predicted molar refractivity (Wildman–Crippen MR) is 84.0 cm³/mol. The van der Waals surface area contributed by atoms with Crippen LogP contribution in [-0.4, -0.2) is 12.4 Å². The van der Waals surface area contributed by atoms with Crippen LogP contribution in [0.2, 0.25) is 0 Å². The molecule has 0 aliphatic carbocycles. The Morgan fingerprint density at radius 1 is 0.950 bits per heavy atom. The second kappa shape index (κ2) is 6.38. The molecule has 1 N–H and O–H groups in total. The minimum absolute atomic E-state index is 0.301. The molecule has 2 aromatic rings. The maximum atomic E-state index is 4.55. The summed E-state index contributed by atoms with van der Waals surface area (Å²) >= 11 is 0. The number of benzene rings is 2. The molecule has 1 aliphatic rings. The van der Waals surface area contributed by atoms with Crippen molar-refractivity contribution in [3.8, 4) is 0 Å². The number of rotatable bonds is 4. The van der Waals surface area contributed by atoms with Crippen LogP contribution >= 0.6 is 0 Å². The van der Waals surface area contributed by atoms with Crippen LogP contribution in [0.5, 0.6) is 0 Å². The minimum Gasteiger partial charge on any atom is -0.367 e. The fourth-order valence-corrected chi connectivity index (χ4v) is 2.65. The van der Waals surface area contributed by atoms with Crippen LogP contribution in [0.1, 0.15) is 30.0 Å². The van der Waals surface area contributed by atoms with Gasteiger partial charge in [-0.05, 0) is 24.0 Å². The van der Waals surface area contributed by atoms with E-state index in [0.717, 1.165) is 25.2 Å². The molecule has 2 nitrogen and oxygen atoms in total. The lowest BCUT2D eigenvalue weighted by Crippen LogP contribution is -2.28. The van der Waals surface area contributed by atoms with E-state index in [-0.39, 0.29) is 0 Å². The maximum absolute atomic E-state index is 4.55. The molecular weight excluding hydrogens is 244 g/mol. The Hall–Kier alpha value is -2.09.